The Morgan fingerprint density at radius 2 is 1.44 bits per heavy atom. The van der Waals surface area contributed by atoms with Crippen molar-refractivity contribution in [3.63, 3.8) is 0 Å². The summed E-state index contributed by atoms with van der Waals surface area (Å²) >= 11 is 0. The zero-order chi connectivity index (χ0) is 19.0. The Morgan fingerprint density at radius 1 is 0.815 bits per heavy atom. The smallest absolute Gasteiger partial charge is 0.256 e. The zero-order valence-electron chi connectivity index (χ0n) is 14.4. The number of rotatable bonds is 3. The van der Waals surface area contributed by atoms with Gasteiger partial charge in [0, 0.05) is 23.3 Å². The van der Waals surface area contributed by atoms with E-state index in [9.17, 15) is 13.2 Å². The lowest BCUT2D eigenvalue weighted by Crippen LogP contribution is -2.20. The molecule has 0 amide bonds. The molecule has 0 aliphatic carbocycles. The van der Waals surface area contributed by atoms with Gasteiger partial charge in [-0.15, -0.1) is 0 Å². The van der Waals surface area contributed by atoms with E-state index in [-0.39, 0.29) is 16.4 Å². The molecule has 0 spiro atoms. The fourth-order valence-electron chi connectivity index (χ4n) is 2.90. The molecule has 0 radical (unpaired) electrons. The monoisotopic (exact) mass is 377 g/mol. The highest BCUT2D eigenvalue weighted by molar-refractivity contribution is 7.90. The van der Waals surface area contributed by atoms with E-state index in [1.165, 1.54) is 10.6 Å². The minimum atomic E-state index is -3.67. The zero-order valence-corrected chi connectivity index (χ0v) is 15.2. The third-order valence-corrected chi connectivity index (χ3v) is 4.97. The number of sulfone groups is 1. The topological polar surface area (TPSA) is 81.9 Å². The average Bonchev–Trinajstić information content (AvgIpc) is 2.67. The van der Waals surface area contributed by atoms with Gasteiger partial charge in [0.05, 0.1) is 11.4 Å². The summed E-state index contributed by atoms with van der Waals surface area (Å²) in [6, 6.07) is 21.3. The molecule has 7 heteroatoms. The van der Waals surface area contributed by atoms with Crippen molar-refractivity contribution in [3.05, 3.63) is 83.2 Å². The number of nitrogens with zero attached hydrogens (tertiary/aromatic N) is 3. The second-order valence-electron chi connectivity index (χ2n) is 6.07. The van der Waals surface area contributed by atoms with E-state index in [1.807, 2.05) is 36.4 Å². The Bertz CT molecular complexity index is 1300. The average molecular weight is 377 g/mol. The molecule has 4 rings (SSSR count). The van der Waals surface area contributed by atoms with Gasteiger partial charge in [0.25, 0.3) is 5.56 Å². The summed E-state index contributed by atoms with van der Waals surface area (Å²) in [5.74, 6) is 0. The molecule has 0 bridgehead atoms. The van der Waals surface area contributed by atoms with Crippen LogP contribution in [0.5, 0.6) is 0 Å². The van der Waals surface area contributed by atoms with Crippen LogP contribution in [0.3, 0.4) is 0 Å². The maximum atomic E-state index is 12.6. The van der Waals surface area contributed by atoms with Gasteiger partial charge in [-0.05, 0) is 18.2 Å². The predicted molar refractivity (Wildman–Crippen MR) is 104 cm³/mol. The van der Waals surface area contributed by atoms with E-state index in [2.05, 4.69) is 9.97 Å². The van der Waals surface area contributed by atoms with E-state index < -0.39 is 9.84 Å². The van der Waals surface area contributed by atoms with E-state index in [0.29, 0.717) is 16.8 Å². The first kappa shape index (κ1) is 17.1. The normalized spacial score (nSPS) is 11.6. The summed E-state index contributed by atoms with van der Waals surface area (Å²) < 4.78 is 25.8. The van der Waals surface area contributed by atoms with Crippen molar-refractivity contribution in [1.82, 2.24) is 14.5 Å². The first-order valence-corrected chi connectivity index (χ1v) is 10.1. The van der Waals surface area contributed by atoms with Crippen LogP contribution in [0.2, 0.25) is 0 Å². The Labute approximate surface area is 155 Å². The molecule has 2 aromatic carbocycles. The fraction of sp³-hybridized carbons (Fsp3) is 0.0500. The van der Waals surface area contributed by atoms with Crippen LogP contribution in [-0.2, 0) is 9.84 Å². The maximum Gasteiger partial charge on any atom is 0.256 e. The molecule has 2 heterocycles. The van der Waals surface area contributed by atoms with Crippen LogP contribution in [0, 0.1) is 0 Å². The quantitative estimate of drug-likeness (QED) is 0.513. The number of fused-ring (bicyclic) bond motifs is 1. The Kier molecular flexibility index (Phi) is 4.08. The standard InChI is InChI=1S/C20H15N3O3S/c1-27(25,26)20-21-18(14-8-4-2-5-9-14)16-12-13-17(24)23(19(16)22-20)15-10-6-3-7-11-15/h2-13H,1H3. The van der Waals surface area contributed by atoms with Gasteiger partial charge in [0.15, 0.2) is 5.65 Å². The van der Waals surface area contributed by atoms with Crippen LogP contribution in [-0.4, -0.2) is 29.2 Å². The molecule has 27 heavy (non-hydrogen) atoms. The SMILES string of the molecule is CS(=O)(=O)c1nc(-c2ccccc2)c2ccc(=O)n(-c3ccccc3)c2n1. The van der Waals surface area contributed by atoms with Gasteiger partial charge in [-0.3, -0.25) is 9.36 Å². The molecular formula is C20H15N3O3S. The summed E-state index contributed by atoms with van der Waals surface area (Å²) in [6.45, 7) is 0. The minimum Gasteiger partial charge on any atom is -0.269 e. The van der Waals surface area contributed by atoms with Crippen molar-refractivity contribution >= 4 is 20.9 Å². The number of hydrogen-bond acceptors (Lipinski definition) is 5. The molecule has 134 valence electrons. The van der Waals surface area contributed by atoms with Crippen molar-refractivity contribution < 1.29 is 8.42 Å². The lowest BCUT2D eigenvalue weighted by Gasteiger charge is -2.13. The molecule has 0 N–H and O–H groups in total. The van der Waals surface area contributed by atoms with Gasteiger partial charge in [0.2, 0.25) is 15.0 Å². The maximum absolute atomic E-state index is 12.6. The molecule has 0 saturated carbocycles. The summed E-state index contributed by atoms with van der Waals surface area (Å²) in [5, 5.41) is 0.279. The molecule has 2 aromatic heterocycles. The highest BCUT2D eigenvalue weighted by Gasteiger charge is 2.19. The van der Waals surface area contributed by atoms with E-state index in [4.69, 9.17) is 0 Å². The first-order chi connectivity index (χ1) is 12.9. The van der Waals surface area contributed by atoms with Crippen LogP contribution >= 0.6 is 0 Å². The van der Waals surface area contributed by atoms with E-state index in [1.54, 1.807) is 30.3 Å². The minimum absolute atomic E-state index is 0.253. The Morgan fingerprint density at radius 3 is 2.07 bits per heavy atom. The molecule has 6 nitrogen and oxygen atoms in total. The summed E-state index contributed by atoms with van der Waals surface area (Å²) in [4.78, 5) is 21.1. The number of hydrogen-bond donors (Lipinski definition) is 0. The third kappa shape index (κ3) is 3.13. The van der Waals surface area contributed by atoms with Gasteiger partial charge in [-0.1, -0.05) is 48.5 Å². The molecule has 0 saturated heterocycles. The van der Waals surface area contributed by atoms with Gasteiger partial charge in [-0.25, -0.2) is 13.4 Å². The van der Waals surface area contributed by atoms with Gasteiger partial charge in [-0.2, -0.15) is 4.98 Å². The molecular weight excluding hydrogens is 362 g/mol. The number of pyridine rings is 1. The van der Waals surface area contributed by atoms with Crippen molar-refractivity contribution in [2.45, 2.75) is 5.16 Å². The molecule has 0 unspecified atom stereocenters. The summed E-state index contributed by atoms with van der Waals surface area (Å²) in [5.41, 5.74) is 1.76. The van der Waals surface area contributed by atoms with Crippen molar-refractivity contribution in [2.24, 2.45) is 0 Å². The molecule has 0 atom stereocenters. The fourth-order valence-corrected chi connectivity index (χ4v) is 3.41. The lowest BCUT2D eigenvalue weighted by molar-refractivity contribution is 0.593. The molecule has 0 aliphatic rings. The highest BCUT2D eigenvalue weighted by Crippen LogP contribution is 2.27. The molecule has 0 aliphatic heterocycles. The van der Waals surface area contributed by atoms with Crippen molar-refractivity contribution in [1.29, 1.82) is 0 Å². The van der Waals surface area contributed by atoms with Crippen molar-refractivity contribution in [3.8, 4) is 16.9 Å². The number of benzene rings is 2. The largest absolute Gasteiger partial charge is 0.269 e. The van der Waals surface area contributed by atoms with Crippen LogP contribution in [0.4, 0.5) is 0 Å². The van der Waals surface area contributed by atoms with Crippen LogP contribution in [0.25, 0.3) is 28.0 Å². The summed E-state index contributed by atoms with van der Waals surface area (Å²) in [6.07, 6.45) is 1.05. The van der Waals surface area contributed by atoms with Gasteiger partial charge < -0.3 is 0 Å². The third-order valence-electron chi connectivity index (χ3n) is 4.12. The van der Waals surface area contributed by atoms with Crippen LogP contribution in [0.1, 0.15) is 0 Å². The van der Waals surface area contributed by atoms with Gasteiger partial charge >= 0.3 is 0 Å². The molecule has 4 aromatic rings. The Hall–Kier alpha value is -3.32. The second kappa shape index (κ2) is 6.44. The number of para-hydroxylation sites is 1. The van der Waals surface area contributed by atoms with Crippen molar-refractivity contribution in [2.75, 3.05) is 6.26 Å². The Balaban J connectivity index is 2.18. The predicted octanol–water partition coefficient (Wildman–Crippen LogP) is 2.85. The van der Waals surface area contributed by atoms with Crippen LogP contribution < -0.4 is 5.56 Å². The van der Waals surface area contributed by atoms with E-state index >= 15 is 0 Å². The highest BCUT2D eigenvalue weighted by atomic mass is 32.2. The molecule has 0 fully saturated rings. The summed E-state index contributed by atoms with van der Waals surface area (Å²) in [7, 11) is -3.67. The lowest BCUT2D eigenvalue weighted by atomic mass is 10.1. The number of aromatic nitrogens is 3. The van der Waals surface area contributed by atoms with Crippen LogP contribution in [0.15, 0.2) is 82.7 Å². The first-order valence-electron chi connectivity index (χ1n) is 8.20. The van der Waals surface area contributed by atoms with E-state index in [0.717, 1.165) is 11.8 Å². The second-order valence-corrected chi connectivity index (χ2v) is 7.98. The van der Waals surface area contributed by atoms with Gasteiger partial charge in [0.1, 0.15) is 0 Å².